The van der Waals surface area contributed by atoms with Crippen LogP contribution in [0.25, 0.3) is 0 Å². The van der Waals surface area contributed by atoms with E-state index < -0.39 is 14.1 Å². The molecule has 0 aromatic rings. The van der Waals surface area contributed by atoms with Crippen LogP contribution in [-0.2, 0) is 23.4 Å². The van der Waals surface area contributed by atoms with Gasteiger partial charge in [-0.2, -0.15) is 0 Å². The Morgan fingerprint density at radius 2 is 1.74 bits per heavy atom. The first kappa shape index (κ1) is 20.6. The molecular weight excluding hydrogens is 312 g/mol. The molecule has 0 saturated carbocycles. The SMILES string of the molecule is CCOC(=O)CC[C@H]1OC(C)(C)O[C@H]1CO[Si](C)(C)C(C)(C)C. The van der Waals surface area contributed by atoms with Gasteiger partial charge in [-0.15, -0.1) is 0 Å². The Morgan fingerprint density at radius 1 is 1.17 bits per heavy atom. The lowest BCUT2D eigenvalue weighted by Crippen LogP contribution is -2.44. The topological polar surface area (TPSA) is 54.0 Å². The van der Waals surface area contributed by atoms with Crippen molar-refractivity contribution in [2.24, 2.45) is 0 Å². The van der Waals surface area contributed by atoms with Gasteiger partial charge in [0.1, 0.15) is 6.10 Å². The third-order valence-corrected chi connectivity index (χ3v) is 9.14. The summed E-state index contributed by atoms with van der Waals surface area (Å²) in [6, 6.07) is 0. The molecule has 1 aliphatic rings. The number of carbonyl (C=O) groups is 1. The Morgan fingerprint density at radius 3 is 2.26 bits per heavy atom. The van der Waals surface area contributed by atoms with E-state index in [0.29, 0.717) is 26.1 Å². The number of ether oxygens (including phenoxy) is 3. The lowest BCUT2D eigenvalue weighted by atomic mass is 10.1. The van der Waals surface area contributed by atoms with E-state index in [1.165, 1.54) is 0 Å². The molecule has 6 heteroatoms. The Bertz CT molecular complexity index is 400. The van der Waals surface area contributed by atoms with Crippen LogP contribution in [-0.4, -0.2) is 45.5 Å². The van der Waals surface area contributed by atoms with Crippen LogP contribution in [0.4, 0.5) is 0 Å². The van der Waals surface area contributed by atoms with Crippen LogP contribution >= 0.6 is 0 Å². The maximum Gasteiger partial charge on any atom is 0.305 e. The van der Waals surface area contributed by atoms with Crippen LogP contribution < -0.4 is 0 Å². The van der Waals surface area contributed by atoms with E-state index in [4.69, 9.17) is 18.6 Å². The first-order valence-electron chi connectivity index (χ1n) is 8.53. The van der Waals surface area contributed by atoms with E-state index in [-0.39, 0.29) is 23.2 Å². The minimum absolute atomic E-state index is 0.140. The van der Waals surface area contributed by atoms with Crippen molar-refractivity contribution >= 4 is 14.3 Å². The van der Waals surface area contributed by atoms with Gasteiger partial charge in [0, 0.05) is 6.42 Å². The van der Waals surface area contributed by atoms with Crippen molar-refractivity contribution < 1.29 is 23.4 Å². The number of hydrogen-bond donors (Lipinski definition) is 0. The molecule has 0 spiro atoms. The van der Waals surface area contributed by atoms with E-state index in [1.807, 2.05) is 20.8 Å². The predicted molar refractivity (Wildman–Crippen MR) is 92.8 cm³/mol. The fourth-order valence-electron chi connectivity index (χ4n) is 2.30. The van der Waals surface area contributed by atoms with Crippen molar-refractivity contribution in [2.75, 3.05) is 13.2 Å². The fourth-order valence-corrected chi connectivity index (χ4v) is 3.31. The molecule has 0 radical (unpaired) electrons. The Kier molecular flexibility index (Phi) is 6.84. The average Bonchev–Trinajstić information content (AvgIpc) is 2.68. The van der Waals surface area contributed by atoms with Crippen molar-refractivity contribution in [3.8, 4) is 0 Å². The van der Waals surface area contributed by atoms with Crippen LogP contribution in [0.1, 0.15) is 54.4 Å². The van der Waals surface area contributed by atoms with Gasteiger partial charge in [0.25, 0.3) is 0 Å². The molecule has 1 saturated heterocycles. The Balaban J connectivity index is 2.61. The fraction of sp³-hybridized carbons (Fsp3) is 0.941. The minimum Gasteiger partial charge on any atom is -0.466 e. The van der Waals surface area contributed by atoms with E-state index in [1.54, 1.807) is 0 Å². The van der Waals surface area contributed by atoms with Crippen LogP contribution in [0.15, 0.2) is 0 Å². The smallest absolute Gasteiger partial charge is 0.305 e. The Hall–Kier alpha value is -0.433. The summed E-state index contributed by atoms with van der Waals surface area (Å²) in [6.07, 6.45) is 0.648. The number of rotatable bonds is 7. The zero-order valence-electron chi connectivity index (χ0n) is 16.0. The van der Waals surface area contributed by atoms with Gasteiger partial charge in [0.15, 0.2) is 14.1 Å². The summed E-state index contributed by atoms with van der Waals surface area (Å²) in [6.45, 7) is 17.6. The number of esters is 1. The van der Waals surface area contributed by atoms with Gasteiger partial charge in [-0.1, -0.05) is 20.8 Å². The average molecular weight is 347 g/mol. The van der Waals surface area contributed by atoms with Crippen molar-refractivity contribution in [2.45, 2.75) is 90.5 Å². The molecule has 1 heterocycles. The van der Waals surface area contributed by atoms with E-state index in [9.17, 15) is 4.79 Å². The normalized spacial score (nSPS) is 24.7. The highest BCUT2D eigenvalue weighted by molar-refractivity contribution is 6.74. The molecule has 0 aromatic carbocycles. The predicted octanol–water partition coefficient (Wildman–Crippen LogP) is 3.87. The highest BCUT2D eigenvalue weighted by Gasteiger charge is 2.44. The van der Waals surface area contributed by atoms with Gasteiger partial charge in [-0.05, 0) is 45.3 Å². The van der Waals surface area contributed by atoms with Gasteiger partial charge in [0.05, 0.1) is 19.3 Å². The number of hydrogen-bond acceptors (Lipinski definition) is 5. The molecule has 0 unspecified atom stereocenters. The summed E-state index contributed by atoms with van der Waals surface area (Å²) in [5.74, 6) is -0.828. The monoisotopic (exact) mass is 346 g/mol. The summed E-state index contributed by atoms with van der Waals surface area (Å²) >= 11 is 0. The highest BCUT2D eigenvalue weighted by Crippen LogP contribution is 2.38. The molecular formula is C17H34O5Si. The molecule has 5 nitrogen and oxygen atoms in total. The summed E-state index contributed by atoms with van der Waals surface area (Å²) < 4.78 is 23.2. The van der Waals surface area contributed by atoms with Gasteiger partial charge in [-0.3, -0.25) is 4.79 Å². The van der Waals surface area contributed by atoms with Crippen LogP contribution in [0.2, 0.25) is 18.1 Å². The molecule has 1 fully saturated rings. The first-order valence-corrected chi connectivity index (χ1v) is 11.4. The number of carbonyl (C=O) groups excluding carboxylic acids is 1. The van der Waals surface area contributed by atoms with Crippen molar-refractivity contribution in [3.63, 3.8) is 0 Å². The molecule has 136 valence electrons. The lowest BCUT2D eigenvalue weighted by molar-refractivity contribution is -0.152. The summed E-state index contributed by atoms with van der Waals surface area (Å²) in [5.41, 5.74) is 0. The lowest BCUT2D eigenvalue weighted by Gasteiger charge is -2.37. The third-order valence-electron chi connectivity index (χ3n) is 4.64. The molecule has 1 rings (SSSR count). The molecule has 2 atom stereocenters. The van der Waals surface area contributed by atoms with Crippen LogP contribution in [0.3, 0.4) is 0 Å². The molecule has 0 bridgehead atoms. The standard InChI is InChI=1S/C17H34O5Si/c1-9-19-15(18)11-10-13-14(22-17(5,6)21-13)12-20-23(7,8)16(2,3)4/h13-14H,9-12H2,1-8H3/t13-,14+/m1/s1. The summed E-state index contributed by atoms with van der Waals surface area (Å²) in [5, 5.41) is 0.155. The minimum atomic E-state index is -1.83. The molecule has 0 aromatic heterocycles. The van der Waals surface area contributed by atoms with Crippen molar-refractivity contribution in [1.29, 1.82) is 0 Å². The van der Waals surface area contributed by atoms with E-state index >= 15 is 0 Å². The zero-order chi connectivity index (χ0) is 17.9. The summed E-state index contributed by atoms with van der Waals surface area (Å²) in [7, 11) is -1.83. The van der Waals surface area contributed by atoms with Gasteiger partial charge < -0.3 is 18.6 Å². The maximum atomic E-state index is 11.6. The second-order valence-corrected chi connectivity index (χ2v) is 12.9. The second-order valence-electron chi connectivity index (χ2n) is 8.13. The molecule has 0 N–H and O–H groups in total. The zero-order valence-corrected chi connectivity index (χ0v) is 17.0. The third kappa shape index (κ3) is 6.18. The van der Waals surface area contributed by atoms with Gasteiger partial charge >= 0.3 is 5.97 Å². The molecule has 1 aliphatic heterocycles. The van der Waals surface area contributed by atoms with E-state index in [0.717, 1.165) is 0 Å². The van der Waals surface area contributed by atoms with Crippen molar-refractivity contribution in [3.05, 3.63) is 0 Å². The second kappa shape index (κ2) is 7.63. The molecule has 0 amide bonds. The molecule has 0 aliphatic carbocycles. The largest absolute Gasteiger partial charge is 0.466 e. The maximum absolute atomic E-state index is 11.6. The first-order chi connectivity index (χ1) is 10.4. The van der Waals surface area contributed by atoms with Crippen LogP contribution in [0.5, 0.6) is 0 Å². The quantitative estimate of drug-likeness (QED) is 0.517. The molecule has 23 heavy (non-hydrogen) atoms. The van der Waals surface area contributed by atoms with Crippen LogP contribution in [0, 0.1) is 0 Å². The van der Waals surface area contributed by atoms with Gasteiger partial charge in [0.2, 0.25) is 0 Å². The van der Waals surface area contributed by atoms with E-state index in [2.05, 4.69) is 33.9 Å². The van der Waals surface area contributed by atoms with Crippen molar-refractivity contribution in [1.82, 2.24) is 0 Å². The highest BCUT2D eigenvalue weighted by atomic mass is 28.4. The van der Waals surface area contributed by atoms with Gasteiger partial charge in [-0.25, -0.2) is 0 Å². The summed E-state index contributed by atoms with van der Waals surface area (Å²) in [4.78, 5) is 11.6. The Labute approximate surface area is 142 Å².